The third-order valence-corrected chi connectivity index (χ3v) is 9.87. The summed E-state index contributed by atoms with van der Waals surface area (Å²) in [5.74, 6) is -5.84. The summed E-state index contributed by atoms with van der Waals surface area (Å²) >= 11 is 0. The van der Waals surface area contributed by atoms with Gasteiger partial charge in [0.05, 0.1) is 35.4 Å². The first kappa shape index (κ1) is 26.3. The van der Waals surface area contributed by atoms with Crippen molar-refractivity contribution in [3.8, 4) is 5.75 Å². The van der Waals surface area contributed by atoms with Crippen LogP contribution in [-0.2, 0) is 25.7 Å². The van der Waals surface area contributed by atoms with Crippen LogP contribution in [0.4, 0.5) is 10.1 Å². The minimum Gasteiger partial charge on any atom is -0.505 e. The minimum atomic E-state index is -1.26. The van der Waals surface area contributed by atoms with Crippen molar-refractivity contribution in [1.82, 2.24) is 4.90 Å². The van der Waals surface area contributed by atoms with Gasteiger partial charge in [-0.05, 0) is 61.1 Å². The van der Waals surface area contributed by atoms with E-state index < -0.39 is 46.6 Å². The molecule has 212 valence electrons. The Hall–Kier alpha value is -4.59. The first-order chi connectivity index (χ1) is 20.2. The van der Waals surface area contributed by atoms with E-state index in [9.17, 15) is 28.7 Å². The Morgan fingerprint density at radius 3 is 2.26 bits per heavy atom. The molecular weight excluding hydrogens is 535 g/mol. The number of para-hydroxylation sites is 1. The summed E-state index contributed by atoms with van der Waals surface area (Å²) in [7, 11) is 0. The predicted octanol–water partition coefficient (Wildman–Crippen LogP) is 4.96. The van der Waals surface area contributed by atoms with Gasteiger partial charge in [-0.3, -0.25) is 24.1 Å². The second-order valence-corrected chi connectivity index (χ2v) is 12.0. The zero-order chi connectivity index (χ0) is 29.3. The van der Waals surface area contributed by atoms with Crippen LogP contribution in [0.25, 0.3) is 0 Å². The quantitative estimate of drug-likeness (QED) is 0.357. The van der Waals surface area contributed by atoms with Crippen LogP contribution < -0.4 is 4.90 Å². The zero-order valence-electron chi connectivity index (χ0n) is 22.9. The maximum absolute atomic E-state index is 14.8. The number of nitrogens with zero attached hydrogens (tertiary/aromatic N) is 2. The van der Waals surface area contributed by atoms with Gasteiger partial charge in [-0.25, -0.2) is 9.29 Å². The van der Waals surface area contributed by atoms with Crippen LogP contribution in [0, 0.1) is 34.9 Å². The Morgan fingerprint density at radius 1 is 0.881 bits per heavy atom. The van der Waals surface area contributed by atoms with Crippen LogP contribution >= 0.6 is 0 Å². The van der Waals surface area contributed by atoms with E-state index in [2.05, 4.69) is 0 Å². The van der Waals surface area contributed by atoms with Crippen LogP contribution in [0.15, 0.2) is 90.5 Å². The second kappa shape index (κ2) is 9.48. The molecular formula is C34H29FN2O5. The Kier molecular flexibility index (Phi) is 5.94. The average molecular weight is 565 g/mol. The minimum absolute atomic E-state index is 0.167. The molecule has 7 nitrogen and oxygen atoms in total. The van der Waals surface area contributed by atoms with Crippen LogP contribution in [-0.4, -0.2) is 33.6 Å². The number of anilines is 1. The largest absolute Gasteiger partial charge is 0.505 e. The number of rotatable bonds is 4. The van der Waals surface area contributed by atoms with Gasteiger partial charge in [0.1, 0.15) is 0 Å². The number of benzene rings is 3. The molecule has 7 rings (SSSR count). The monoisotopic (exact) mass is 564 g/mol. The van der Waals surface area contributed by atoms with Crippen molar-refractivity contribution in [2.45, 2.75) is 32.2 Å². The van der Waals surface area contributed by atoms with Gasteiger partial charge in [-0.1, -0.05) is 66.2 Å². The molecule has 0 radical (unpaired) electrons. The Labute approximate surface area is 242 Å². The summed E-state index contributed by atoms with van der Waals surface area (Å²) in [5, 5.41) is 9.94. The van der Waals surface area contributed by atoms with Gasteiger partial charge in [0.25, 0.3) is 0 Å². The van der Waals surface area contributed by atoms with E-state index in [-0.39, 0.29) is 36.6 Å². The van der Waals surface area contributed by atoms with E-state index in [0.29, 0.717) is 17.7 Å². The third-order valence-electron chi connectivity index (χ3n) is 9.87. The van der Waals surface area contributed by atoms with Crippen molar-refractivity contribution in [1.29, 1.82) is 0 Å². The smallest absolute Gasteiger partial charge is 0.241 e. The Bertz CT molecular complexity index is 1670. The van der Waals surface area contributed by atoms with Crippen molar-refractivity contribution in [3.05, 3.63) is 107 Å². The fraction of sp³-hybridized carbons (Fsp3) is 0.294. The normalized spacial score (nSPS) is 30.2. The van der Waals surface area contributed by atoms with E-state index in [1.165, 1.54) is 21.9 Å². The maximum Gasteiger partial charge on any atom is 0.241 e. The number of amides is 4. The second-order valence-electron chi connectivity index (χ2n) is 12.0. The number of carbonyl (C=O) groups excluding carboxylic acids is 4. The van der Waals surface area contributed by atoms with Gasteiger partial charge in [0, 0.05) is 5.92 Å². The summed E-state index contributed by atoms with van der Waals surface area (Å²) in [6.45, 7) is 1.92. The number of allylic oxidation sites excluding steroid dienone is 2. The summed E-state index contributed by atoms with van der Waals surface area (Å²) in [5.41, 5.74) is 1.26. The molecule has 1 N–H and O–H groups in total. The molecule has 6 atom stereocenters. The lowest BCUT2D eigenvalue weighted by Gasteiger charge is -2.49. The molecule has 0 aromatic heterocycles. The maximum atomic E-state index is 14.8. The van der Waals surface area contributed by atoms with Crippen LogP contribution in [0.3, 0.4) is 0 Å². The fourth-order valence-electron chi connectivity index (χ4n) is 7.91. The predicted molar refractivity (Wildman–Crippen MR) is 151 cm³/mol. The zero-order valence-corrected chi connectivity index (χ0v) is 22.9. The standard InChI is InChI=1S/C34H29FN2O5/c1-34-25(31(40)37(33(34)42)21-10-6-3-7-11-21)17-24-22(29(34)20-12-15-27(38)26(35)16-20)13-14-23-28(24)32(41)36(30(23)39)18-19-8-4-2-5-9-19/h2-13,15-16,23-25,28-29,38H,14,17-18H2,1H3. The first-order valence-corrected chi connectivity index (χ1v) is 14.2. The molecule has 42 heavy (non-hydrogen) atoms. The number of imide groups is 2. The van der Waals surface area contributed by atoms with Gasteiger partial charge in [-0.2, -0.15) is 0 Å². The molecule has 2 aliphatic heterocycles. The number of aromatic hydroxyl groups is 1. The lowest BCUT2D eigenvalue weighted by Crippen LogP contribution is -2.48. The molecule has 2 heterocycles. The molecule has 6 unspecified atom stereocenters. The number of fused-ring (bicyclic) bond motifs is 4. The summed E-state index contributed by atoms with van der Waals surface area (Å²) in [4.78, 5) is 58.5. The number of phenols is 1. The third kappa shape index (κ3) is 3.63. The first-order valence-electron chi connectivity index (χ1n) is 14.2. The lowest BCUT2D eigenvalue weighted by atomic mass is 9.51. The number of phenolic OH excluding ortho intramolecular Hbond substituents is 1. The topological polar surface area (TPSA) is 95.0 Å². The Morgan fingerprint density at radius 2 is 1.57 bits per heavy atom. The molecule has 3 fully saturated rings. The lowest BCUT2D eigenvalue weighted by molar-refractivity contribution is -0.141. The number of hydrogen-bond donors (Lipinski definition) is 1. The molecule has 2 aliphatic carbocycles. The van der Waals surface area contributed by atoms with Crippen LogP contribution in [0.2, 0.25) is 0 Å². The van der Waals surface area contributed by atoms with Crippen molar-refractivity contribution in [2.24, 2.45) is 29.1 Å². The SMILES string of the molecule is CC12C(=O)N(c3ccccc3)C(=O)C1CC1C(=CCC3C(=O)N(Cc4ccccc4)C(=O)C31)C2c1ccc(O)c(F)c1. The molecule has 3 aromatic carbocycles. The molecule has 3 aromatic rings. The number of likely N-dealkylation sites (tertiary alicyclic amines) is 1. The van der Waals surface area contributed by atoms with Gasteiger partial charge in [-0.15, -0.1) is 0 Å². The number of carbonyl (C=O) groups is 4. The van der Waals surface area contributed by atoms with Gasteiger partial charge >= 0.3 is 0 Å². The van der Waals surface area contributed by atoms with Crippen molar-refractivity contribution < 1.29 is 28.7 Å². The fourth-order valence-corrected chi connectivity index (χ4v) is 7.91. The molecule has 0 bridgehead atoms. The van der Waals surface area contributed by atoms with Gasteiger partial charge in [0.2, 0.25) is 23.6 Å². The molecule has 0 spiro atoms. The summed E-state index contributed by atoms with van der Waals surface area (Å²) < 4.78 is 14.8. The average Bonchev–Trinajstić information content (AvgIpc) is 3.35. The molecule has 1 saturated carbocycles. The van der Waals surface area contributed by atoms with Gasteiger partial charge in [0.15, 0.2) is 11.6 Å². The summed E-state index contributed by atoms with van der Waals surface area (Å²) in [6, 6.07) is 22.1. The molecule has 4 amide bonds. The van der Waals surface area contributed by atoms with E-state index >= 15 is 0 Å². The van der Waals surface area contributed by atoms with Crippen molar-refractivity contribution in [2.75, 3.05) is 4.90 Å². The van der Waals surface area contributed by atoms with Gasteiger partial charge < -0.3 is 5.11 Å². The van der Waals surface area contributed by atoms with Crippen molar-refractivity contribution in [3.63, 3.8) is 0 Å². The number of halogens is 1. The molecule has 8 heteroatoms. The highest BCUT2D eigenvalue weighted by Gasteiger charge is 2.67. The molecule has 4 aliphatic rings. The van der Waals surface area contributed by atoms with E-state index in [4.69, 9.17) is 0 Å². The van der Waals surface area contributed by atoms with Crippen LogP contribution in [0.5, 0.6) is 5.75 Å². The number of hydrogen-bond acceptors (Lipinski definition) is 5. The van der Waals surface area contributed by atoms with Crippen molar-refractivity contribution >= 4 is 29.3 Å². The summed E-state index contributed by atoms with van der Waals surface area (Å²) in [6.07, 6.45) is 2.48. The Balaban J connectivity index is 1.34. The van der Waals surface area contributed by atoms with Crippen LogP contribution in [0.1, 0.15) is 36.8 Å². The van der Waals surface area contributed by atoms with E-state index in [0.717, 1.165) is 11.1 Å². The molecule has 2 saturated heterocycles. The van der Waals surface area contributed by atoms with E-state index in [1.807, 2.05) is 36.4 Å². The highest BCUT2D eigenvalue weighted by atomic mass is 19.1. The van der Waals surface area contributed by atoms with E-state index in [1.54, 1.807) is 43.3 Å². The highest BCUT2D eigenvalue weighted by molar-refractivity contribution is 6.24. The highest BCUT2D eigenvalue weighted by Crippen LogP contribution is 2.63.